The first-order valence-corrected chi connectivity index (χ1v) is 22.3. The Morgan fingerprint density at radius 3 is 1.57 bits per heavy atom. The second-order valence-corrected chi connectivity index (χ2v) is 17.2. The van der Waals surface area contributed by atoms with Gasteiger partial charge in [0.05, 0.1) is 22.7 Å². The van der Waals surface area contributed by atoms with Crippen LogP contribution in [0.5, 0.6) is 0 Å². The Morgan fingerprint density at radius 2 is 0.800 bits per heavy atom. The standard InChI is InChI=1S/C62H38N2O/c1-3-12-39(13-4-1)50-19-9-10-20-53(50)64(47-31-34-49-45(38-47)25-22-40-14-7-8-18-48(40)49)55-36-29-43-26-32-51-54(35-28-42-27-33-52(55)59(43)58(42)51)63(46-16-5-2-6-17-46)56-37-30-44-24-23-41-15-11-21-57-60(41)61(44)62(56)65-57/h1-38H. The Labute approximate surface area is 374 Å². The van der Waals surface area contributed by atoms with Crippen molar-refractivity contribution < 1.29 is 4.42 Å². The lowest BCUT2D eigenvalue weighted by molar-refractivity contribution is 0.669. The van der Waals surface area contributed by atoms with E-state index < -0.39 is 0 Å². The molecule has 0 spiro atoms. The molecule has 3 heteroatoms. The van der Waals surface area contributed by atoms with Crippen molar-refractivity contribution in [2.75, 3.05) is 9.80 Å². The first-order chi connectivity index (χ1) is 32.2. The smallest absolute Gasteiger partial charge is 0.160 e. The molecule has 0 aliphatic heterocycles. The van der Waals surface area contributed by atoms with Gasteiger partial charge in [-0.1, -0.05) is 176 Å². The maximum Gasteiger partial charge on any atom is 0.160 e. The van der Waals surface area contributed by atoms with Crippen LogP contribution in [0.4, 0.5) is 34.1 Å². The van der Waals surface area contributed by atoms with E-state index in [2.05, 4.69) is 240 Å². The maximum atomic E-state index is 6.86. The fourth-order valence-corrected chi connectivity index (χ4v) is 10.8. The summed E-state index contributed by atoms with van der Waals surface area (Å²) in [5.74, 6) is 0. The molecule has 0 bridgehead atoms. The molecule has 0 aliphatic carbocycles. The zero-order valence-electron chi connectivity index (χ0n) is 35.2. The number of hydrogen-bond donors (Lipinski definition) is 0. The predicted octanol–water partition coefficient (Wildman–Crippen LogP) is 18.0. The molecule has 3 nitrogen and oxygen atoms in total. The lowest BCUT2D eigenvalue weighted by Gasteiger charge is -2.30. The predicted molar refractivity (Wildman–Crippen MR) is 276 cm³/mol. The third kappa shape index (κ3) is 5.36. The third-order valence-corrected chi connectivity index (χ3v) is 13.7. The highest BCUT2D eigenvalue weighted by Gasteiger charge is 2.26. The summed E-state index contributed by atoms with van der Waals surface area (Å²) in [6, 6.07) is 84.2. The second kappa shape index (κ2) is 13.9. The SMILES string of the molecule is c1ccc(-c2ccccc2N(c2ccc3c(ccc4ccccc43)c2)c2ccc3ccc4c(N(c5ccccc5)c5ccc6ccc7cccc8oc5c6c78)ccc5ccc2c3c54)cc1. The monoisotopic (exact) mass is 826 g/mol. The van der Waals surface area contributed by atoms with Gasteiger partial charge in [0.25, 0.3) is 0 Å². The Balaban J connectivity index is 1.03. The molecule has 0 N–H and O–H groups in total. The minimum Gasteiger partial charge on any atom is -0.454 e. The van der Waals surface area contributed by atoms with Crippen molar-refractivity contribution in [1.82, 2.24) is 0 Å². The van der Waals surface area contributed by atoms with E-state index in [1.807, 2.05) is 0 Å². The van der Waals surface area contributed by atoms with Crippen LogP contribution in [0, 0.1) is 0 Å². The molecule has 0 saturated carbocycles. The number of fused-ring (bicyclic) bond motifs is 3. The van der Waals surface area contributed by atoms with E-state index in [4.69, 9.17) is 4.42 Å². The third-order valence-electron chi connectivity index (χ3n) is 13.7. The van der Waals surface area contributed by atoms with E-state index in [0.29, 0.717) is 0 Å². The van der Waals surface area contributed by atoms with Crippen LogP contribution in [0.25, 0.3) is 97.7 Å². The summed E-state index contributed by atoms with van der Waals surface area (Å²) in [5, 5.41) is 16.9. The van der Waals surface area contributed by atoms with E-state index >= 15 is 0 Å². The molecule has 0 radical (unpaired) electrons. The minimum atomic E-state index is 0.891. The molecule has 302 valence electrons. The highest BCUT2D eigenvalue weighted by molar-refractivity contribution is 6.29. The number of anilines is 6. The van der Waals surface area contributed by atoms with Crippen LogP contribution < -0.4 is 9.80 Å². The van der Waals surface area contributed by atoms with Gasteiger partial charge in [-0.05, 0) is 114 Å². The van der Waals surface area contributed by atoms with E-state index in [-0.39, 0.29) is 0 Å². The molecule has 14 rings (SSSR count). The summed E-state index contributed by atoms with van der Waals surface area (Å²) in [6.45, 7) is 0. The number of nitrogens with zero attached hydrogens (tertiary/aromatic N) is 2. The maximum absolute atomic E-state index is 6.86. The van der Waals surface area contributed by atoms with Crippen LogP contribution in [-0.2, 0) is 0 Å². The number of hydrogen-bond acceptors (Lipinski definition) is 3. The van der Waals surface area contributed by atoms with Crippen LogP contribution in [0.2, 0.25) is 0 Å². The quantitative estimate of drug-likeness (QED) is 0.149. The van der Waals surface area contributed by atoms with Crippen molar-refractivity contribution in [2.45, 2.75) is 0 Å². The Bertz CT molecular complexity index is 4130. The van der Waals surface area contributed by atoms with Gasteiger partial charge in [-0.2, -0.15) is 0 Å². The van der Waals surface area contributed by atoms with Crippen molar-refractivity contribution in [3.63, 3.8) is 0 Å². The first kappa shape index (κ1) is 35.9. The molecular formula is C62H38N2O. The average molecular weight is 827 g/mol. The number of benzene rings is 13. The molecule has 1 heterocycles. The summed E-state index contributed by atoms with van der Waals surface area (Å²) in [6.07, 6.45) is 0. The topological polar surface area (TPSA) is 19.6 Å². The Morgan fingerprint density at radius 1 is 0.277 bits per heavy atom. The molecule has 0 saturated heterocycles. The van der Waals surface area contributed by atoms with Gasteiger partial charge >= 0.3 is 0 Å². The van der Waals surface area contributed by atoms with Crippen LogP contribution >= 0.6 is 0 Å². The van der Waals surface area contributed by atoms with E-state index in [1.54, 1.807) is 0 Å². The molecule has 65 heavy (non-hydrogen) atoms. The van der Waals surface area contributed by atoms with Gasteiger partial charge in [0, 0.05) is 38.5 Å². The average Bonchev–Trinajstić information content (AvgIpc) is 3.78. The summed E-state index contributed by atoms with van der Waals surface area (Å²) in [7, 11) is 0. The van der Waals surface area contributed by atoms with Gasteiger partial charge in [-0.15, -0.1) is 0 Å². The van der Waals surface area contributed by atoms with Crippen LogP contribution in [0.1, 0.15) is 0 Å². The van der Waals surface area contributed by atoms with Crippen molar-refractivity contribution in [1.29, 1.82) is 0 Å². The largest absolute Gasteiger partial charge is 0.454 e. The van der Waals surface area contributed by atoms with Crippen LogP contribution in [0.3, 0.4) is 0 Å². The minimum absolute atomic E-state index is 0.891. The van der Waals surface area contributed by atoms with Crippen molar-refractivity contribution >= 4 is 121 Å². The van der Waals surface area contributed by atoms with Gasteiger partial charge in [0.2, 0.25) is 0 Å². The number of para-hydroxylation sites is 2. The summed E-state index contributed by atoms with van der Waals surface area (Å²) >= 11 is 0. The molecule has 0 atom stereocenters. The molecular weight excluding hydrogens is 789 g/mol. The molecule has 0 fully saturated rings. The van der Waals surface area contributed by atoms with Gasteiger partial charge in [-0.25, -0.2) is 0 Å². The Kier molecular flexibility index (Phi) is 7.69. The first-order valence-electron chi connectivity index (χ1n) is 22.3. The van der Waals surface area contributed by atoms with Gasteiger partial charge < -0.3 is 14.2 Å². The van der Waals surface area contributed by atoms with Crippen LogP contribution in [-0.4, -0.2) is 0 Å². The van der Waals surface area contributed by atoms with Gasteiger partial charge in [0.1, 0.15) is 5.58 Å². The van der Waals surface area contributed by atoms with E-state index in [0.717, 1.165) is 50.7 Å². The molecule has 13 aromatic carbocycles. The fraction of sp³-hybridized carbons (Fsp3) is 0. The van der Waals surface area contributed by atoms with Crippen molar-refractivity contribution in [2.24, 2.45) is 0 Å². The molecule has 14 aromatic rings. The van der Waals surface area contributed by atoms with Crippen LogP contribution in [0.15, 0.2) is 235 Å². The lowest BCUT2D eigenvalue weighted by Crippen LogP contribution is -2.12. The second-order valence-electron chi connectivity index (χ2n) is 17.2. The highest BCUT2D eigenvalue weighted by Crippen LogP contribution is 2.51. The zero-order valence-corrected chi connectivity index (χ0v) is 35.2. The summed E-state index contributed by atoms with van der Waals surface area (Å²) in [5.41, 5.74) is 10.7. The Hall–Kier alpha value is -8.66. The summed E-state index contributed by atoms with van der Waals surface area (Å²) in [4.78, 5) is 4.88. The van der Waals surface area contributed by atoms with E-state index in [1.165, 1.54) is 81.1 Å². The van der Waals surface area contributed by atoms with Gasteiger partial charge in [-0.3, -0.25) is 0 Å². The normalized spacial score (nSPS) is 12.0. The molecule has 0 aliphatic rings. The number of rotatable bonds is 7. The fourth-order valence-electron chi connectivity index (χ4n) is 10.8. The number of furan rings is 1. The molecule has 1 aromatic heterocycles. The molecule has 0 amide bonds. The van der Waals surface area contributed by atoms with E-state index in [9.17, 15) is 0 Å². The molecule has 0 unspecified atom stereocenters. The van der Waals surface area contributed by atoms with Crippen molar-refractivity contribution in [3.8, 4) is 11.1 Å². The lowest BCUT2D eigenvalue weighted by atomic mass is 9.91. The zero-order chi connectivity index (χ0) is 42.6. The summed E-state index contributed by atoms with van der Waals surface area (Å²) < 4.78 is 6.86. The highest BCUT2D eigenvalue weighted by atomic mass is 16.3. The van der Waals surface area contributed by atoms with Gasteiger partial charge in [0.15, 0.2) is 5.58 Å². The van der Waals surface area contributed by atoms with Crippen molar-refractivity contribution in [3.05, 3.63) is 231 Å².